The summed E-state index contributed by atoms with van der Waals surface area (Å²) in [5, 5.41) is 0. The van der Waals surface area contributed by atoms with Crippen LogP contribution in [-0.2, 0) is 44.7 Å². The minimum Gasteiger partial charge on any atom is -0.432 e. The molecular formula is C11H22N2S4Zn. The van der Waals surface area contributed by atoms with Crippen molar-refractivity contribution in [1.82, 2.24) is 9.80 Å². The molecule has 102 valence electrons. The average molecular weight is 376 g/mol. The third kappa shape index (κ3) is 15.1. The second kappa shape index (κ2) is 16.1. The van der Waals surface area contributed by atoms with Gasteiger partial charge in [0.1, 0.15) is 0 Å². The van der Waals surface area contributed by atoms with E-state index in [0.29, 0.717) is 8.52 Å². The molecule has 0 aliphatic heterocycles. The summed E-state index contributed by atoms with van der Waals surface area (Å²) < 4.78 is 1.24. The molecule has 0 radical (unpaired) electrons. The molecule has 0 aromatic heterocycles. The van der Waals surface area contributed by atoms with Crippen LogP contribution in [0.5, 0.6) is 0 Å². The summed E-state index contributed by atoms with van der Waals surface area (Å²) >= 11 is 19.1. The first-order valence-electron chi connectivity index (χ1n) is 5.80. The van der Waals surface area contributed by atoms with Crippen LogP contribution in [0.25, 0.3) is 0 Å². The minimum absolute atomic E-state index is 0. The van der Waals surface area contributed by atoms with E-state index in [1.165, 1.54) is 0 Å². The van der Waals surface area contributed by atoms with E-state index in [1.54, 1.807) is 0 Å². The fourth-order valence-electron chi connectivity index (χ4n) is 1.11. The van der Waals surface area contributed by atoms with Crippen LogP contribution < -0.4 is 0 Å². The predicted molar refractivity (Wildman–Crippen MR) is 90.6 cm³/mol. The van der Waals surface area contributed by atoms with Crippen LogP contribution in [0.4, 0.5) is 0 Å². The summed E-state index contributed by atoms with van der Waals surface area (Å²) in [7, 11) is 0. The smallest absolute Gasteiger partial charge is 0.432 e. The van der Waals surface area contributed by atoms with Crippen molar-refractivity contribution >= 4 is 58.2 Å². The Labute approximate surface area is 147 Å². The van der Waals surface area contributed by atoms with E-state index in [4.69, 9.17) is 49.7 Å². The molecule has 0 spiro atoms. The van der Waals surface area contributed by atoms with Gasteiger partial charge in [0.15, 0.2) is 0 Å². The first-order valence-corrected chi connectivity index (χ1v) is 7.44. The molecule has 0 fully saturated rings. The number of hydrogen-bond acceptors (Lipinski definition) is 5. The van der Waals surface area contributed by atoms with Gasteiger partial charge in [-0.15, -0.1) is 4.20 Å². The molecule has 0 unspecified atom stereocenters. The third-order valence-electron chi connectivity index (χ3n) is 2.27. The maximum atomic E-state index is 4.78. The Bertz CT molecular complexity index is 219. The van der Waals surface area contributed by atoms with E-state index >= 15 is 0 Å². The summed E-state index contributed by atoms with van der Waals surface area (Å²) in [5.74, 6) is 0. The standard InChI is InChI=1S/C6H13NS2.C5H11NS2.Zn/c1-3-7(4-2)5-6(8)9;1-3-6(4-2)5(7)8;/h3-5H2,1-2H3,(H,8,9);3-4H2,1-2H3,(H,7,8);/q;;+2/p-2. The number of rotatable bonds is 6. The largest absolute Gasteiger partial charge is 2.00 e. The predicted octanol–water partition coefficient (Wildman–Crippen LogP) is 2.36. The molecule has 0 aromatic rings. The Kier molecular flexibility index (Phi) is 21.5. The summed E-state index contributed by atoms with van der Waals surface area (Å²) in [6.45, 7) is 13.0. The van der Waals surface area contributed by atoms with Gasteiger partial charge in [-0.25, -0.2) is 0 Å². The normalized spacial score (nSPS) is 8.94. The molecule has 0 aliphatic carbocycles. The fraction of sp³-hybridized carbons (Fsp3) is 0.818. The van der Waals surface area contributed by atoms with E-state index in [9.17, 15) is 0 Å². The summed E-state index contributed by atoms with van der Waals surface area (Å²) in [6, 6.07) is 0. The molecule has 0 rings (SSSR count). The van der Waals surface area contributed by atoms with Crippen molar-refractivity contribution in [3.05, 3.63) is 0 Å². The monoisotopic (exact) mass is 374 g/mol. The van der Waals surface area contributed by atoms with Gasteiger partial charge in [0.25, 0.3) is 0 Å². The molecule has 0 saturated carbocycles. The molecule has 0 amide bonds. The Balaban J connectivity index is -0.000000238. The summed E-state index contributed by atoms with van der Waals surface area (Å²) in [4.78, 5) is 4.17. The second-order valence-electron chi connectivity index (χ2n) is 3.27. The number of nitrogens with zero attached hydrogens (tertiary/aromatic N) is 2. The average Bonchev–Trinajstić information content (AvgIpc) is 2.27. The number of thiocarbonyl (C=S) groups is 2. The third-order valence-corrected chi connectivity index (χ3v) is 3.04. The Morgan fingerprint density at radius 3 is 1.33 bits per heavy atom. The zero-order valence-corrected chi connectivity index (χ0v) is 18.0. The molecule has 0 N–H and O–H groups in total. The van der Waals surface area contributed by atoms with E-state index in [0.717, 1.165) is 32.7 Å². The van der Waals surface area contributed by atoms with Crippen LogP contribution in [-0.4, -0.2) is 51.0 Å². The van der Waals surface area contributed by atoms with Crippen molar-refractivity contribution in [2.75, 3.05) is 32.7 Å². The zero-order valence-electron chi connectivity index (χ0n) is 11.8. The molecule has 2 nitrogen and oxygen atoms in total. The van der Waals surface area contributed by atoms with Gasteiger partial charge in [0.05, 0.1) is 0 Å². The van der Waals surface area contributed by atoms with Crippen LogP contribution in [0.15, 0.2) is 0 Å². The minimum atomic E-state index is 0. The Morgan fingerprint density at radius 2 is 1.28 bits per heavy atom. The van der Waals surface area contributed by atoms with Gasteiger partial charge in [0, 0.05) is 19.6 Å². The fourth-order valence-corrected chi connectivity index (χ4v) is 1.99. The summed E-state index contributed by atoms with van der Waals surface area (Å²) in [6.07, 6.45) is 0. The molecule has 0 heterocycles. The van der Waals surface area contributed by atoms with Crippen LogP contribution in [0, 0.1) is 0 Å². The topological polar surface area (TPSA) is 6.48 Å². The van der Waals surface area contributed by atoms with Crippen molar-refractivity contribution in [3.8, 4) is 0 Å². The Hall–Kier alpha value is 1.00. The van der Waals surface area contributed by atoms with Gasteiger partial charge < -0.3 is 59.5 Å². The van der Waals surface area contributed by atoms with Crippen LogP contribution >= 0.6 is 24.4 Å². The van der Waals surface area contributed by atoms with Gasteiger partial charge in [0.2, 0.25) is 0 Å². The SMILES string of the molecule is CCN(CC)C(=S)[S-].CCN(CC)CC(=S)[S-].[Zn+2]. The molecule has 0 aromatic carbocycles. The maximum Gasteiger partial charge on any atom is 2.00 e. The quantitative estimate of drug-likeness (QED) is 0.396. The first kappa shape index (κ1) is 24.1. The first-order chi connectivity index (χ1) is 7.92. The van der Waals surface area contributed by atoms with E-state index in [-0.39, 0.29) is 19.5 Å². The molecule has 0 saturated heterocycles. The van der Waals surface area contributed by atoms with Gasteiger partial charge in [-0.1, -0.05) is 18.2 Å². The van der Waals surface area contributed by atoms with Crippen LogP contribution in [0.2, 0.25) is 0 Å². The molecule has 0 bridgehead atoms. The molecular weight excluding hydrogens is 354 g/mol. The van der Waals surface area contributed by atoms with E-state index < -0.39 is 0 Å². The van der Waals surface area contributed by atoms with Crippen molar-refractivity contribution in [3.63, 3.8) is 0 Å². The van der Waals surface area contributed by atoms with Crippen molar-refractivity contribution in [1.29, 1.82) is 0 Å². The zero-order chi connectivity index (χ0) is 13.8. The van der Waals surface area contributed by atoms with Crippen molar-refractivity contribution in [2.24, 2.45) is 0 Å². The molecule has 0 atom stereocenters. The van der Waals surface area contributed by atoms with E-state index in [1.807, 2.05) is 18.7 Å². The molecule has 0 aliphatic rings. The van der Waals surface area contributed by atoms with Gasteiger partial charge in [-0.2, -0.15) is 0 Å². The molecule has 7 heteroatoms. The van der Waals surface area contributed by atoms with Crippen LogP contribution in [0.3, 0.4) is 0 Å². The van der Waals surface area contributed by atoms with Gasteiger partial charge in [-0.05, 0) is 26.9 Å². The summed E-state index contributed by atoms with van der Waals surface area (Å²) in [5.41, 5.74) is 0. The van der Waals surface area contributed by atoms with Crippen molar-refractivity contribution < 1.29 is 19.5 Å². The second-order valence-corrected chi connectivity index (χ2v) is 5.55. The van der Waals surface area contributed by atoms with Crippen molar-refractivity contribution in [2.45, 2.75) is 27.7 Å². The van der Waals surface area contributed by atoms with Crippen LogP contribution in [0.1, 0.15) is 27.7 Å². The van der Waals surface area contributed by atoms with E-state index in [2.05, 4.69) is 18.7 Å². The maximum absolute atomic E-state index is 4.78. The Morgan fingerprint density at radius 1 is 0.889 bits per heavy atom. The molecule has 18 heavy (non-hydrogen) atoms. The number of hydrogen-bond donors (Lipinski definition) is 0. The van der Waals surface area contributed by atoms with Gasteiger partial charge >= 0.3 is 19.5 Å². The van der Waals surface area contributed by atoms with Gasteiger partial charge in [-0.3, -0.25) is 0 Å².